The first kappa shape index (κ1) is 6.42. The van der Waals surface area contributed by atoms with Crippen molar-refractivity contribution in [1.29, 1.82) is 0 Å². The molecular formula is C4H7BrN2S. The van der Waals surface area contributed by atoms with Crippen LogP contribution in [-0.4, -0.2) is 22.3 Å². The molecule has 1 aliphatic rings. The largest absolute Gasteiger partial charge is 0.379 e. The smallest absolute Gasteiger partial charge is 0.154 e. The molecule has 8 heavy (non-hydrogen) atoms. The summed E-state index contributed by atoms with van der Waals surface area (Å²) in [4.78, 5) is 4.02. The van der Waals surface area contributed by atoms with E-state index in [1.165, 1.54) is 0 Å². The first-order chi connectivity index (χ1) is 3.83. The van der Waals surface area contributed by atoms with Crippen molar-refractivity contribution in [3.8, 4) is 0 Å². The quantitative estimate of drug-likeness (QED) is 0.629. The fraction of sp³-hybridized carbons (Fsp3) is 0.750. The van der Waals surface area contributed by atoms with Gasteiger partial charge in [-0.2, -0.15) is 0 Å². The van der Waals surface area contributed by atoms with Crippen LogP contribution in [0.4, 0.5) is 0 Å². The van der Waals surface area contributed by atoms with Gasteiger partial charge in [-0.05, 0) is 0 Å². The lowest BCUT2D eigenvalue weighted by Crippen LogP contribution is -2.06. The highest BCUT2D eigenvalue weighted by Gasteiger charge is 2.14. The maximum atomic E-state index is 5.39. The van der Waals surface area contributed by atoms with Crippen molar-refractivity contribution in [2.45, 2.75) is 5.25 Å². The van der Waals surface area contributed by atoms with Crippen LogP contribution in [0.15, 0.2) is 4.99 Å². The molecule has 0 aliphatic carbocycles. The molecule has 0 fully saturated rings. The van der Waals surface area contributed by atoms with E-state index in [-0.39, 0.29) is 0 Å². The van der Waals surface area contributed by atoms with Gasteiger partial charge in [0.25, 0.3) is 0 Å². The first-order valence-corrected chi connectivity index (χ1v) is 4.35. The van der Waals surface area contributed by atoms with Gasteiger partial charge in [-0.25, -0.2) is 0 Å². The van der Waals surface area contributed by atoms with Crippen LogP contribution in [0.25, 0.3) is 0 Å². The molecule has 4 heteroatoms. The summed E-state index contributed by atoms with van der Waals surface area (Å²) < 4.78 is 0. The van der Waals surface area contributed by atoms with Crippen molar-refractivity contribution in [3.05, 3.63) is 0 Å². The molecule has 46 valence electrons. The summed E-state index contributed by atoms with van der Waals surface area (Å²) in [6.45, 7) is 0.877. The summed E-state index contributed by atoms with van der Waals surface area (Å²) in [6.07, 6.45) is 0. The van der Waals surface area contributed by atoms with Crippen LogP contribution >= 0.6 is 27.7 Å². The van der Waals surface area contributed by atoms with Crippen LogP contribution in [0.1, 0.15) is 0 Å². The van der Waals surface area contributed by atoms with Gasteiger partial charge in [-0.3, -0.25) is 4.99 Å². The molecule has 0 saturated carbocycles. The Bertz CT molecular complexity index is 115. The molecule has 1 atom stereocenters. The number of aliphatic imine (C=N–C) groups is 1. The third kappa shape index (κ3) is 1.39. The molecule has 1 unspecified atom stereocenters. The van der Waals surface area contributed by atoms with E-state index in [2.05, 4.69) is 20.9 Å². The molecule has 0 spiro atoms. The molecule has 1 aliphatic heterocycles. The van der Waals surface area contributed by atoms with Crippen LogP contribution in [0.2, 0.25) is 0 Å². The standard InChI is InChI=1S/C4H7BrN2S/c5-1-3-2-7-4(6)8-3/h3H,1-2H2,(H2,6,7). The van der Waals surface area contributed by atoms with Gasteiger partial charge in [-0.1, -0.05) is 27.7 Å². The summed E-state index contributed by atoms with van der Waals surface area (Å²) in [5.74, 6) is 0. The van der Waals surface area contributed by atoms with Crippen LogP contribution in [0, 0.1) is 0 Å². The molecule has 2 nitrogen and oxygen atoms in total. The van der Waals surface area contributed by atoms with Gasteiger partial charge in [0.05, 0.1) is 6.54 Å². The minimum Gasteiger partial charge on any atom is -0.379 e. The van der Waals surface area contributed by atoms with Crippen molar-refractivity contribution in [3.63, 3.8) is 0 Å². The third-order valence-electron chi connectivity index (χ3n) is 0.910. The van der Waals surface area contributed by atoms with Gasteiger partial charge in [0.15, 0.2) is 5.17 Å². The molecule has 0 amide bonds. The number of hydrogen-bond acceptors (Lipinski definition) is 3. The summed E-state index contributed by atoms with van der Waals surface area (Å²) in [5.41, 5.74) is 5.39. The van der Waals surface area contributed by atoms with Crippen LogP contribution in [0.5, 0.6) is 0 Å². The van der Waals surface area contributed by atoms with E-state index in [1.54, 1.807) is 11.8 Å². The Hall–Kier alpha value is 0.300. The predicted molar refractivity (Wildman–Crippen MR) is 41.7 cm³/mol. The number of amidine groups is 1. The lowest BCUT2D eigenvalue weighted by atomic mass is 10.5. The predicted octanol–water partition coefficient (Wildman–Crippen LogP) is 0.811. The number of hydrogen-bond donors (Lipinski definition) is 1. The molecule has 0 saturated heterocycles. The van der Waals surface area contributed by atoms with Crippen LogP contribution in [0.3, 0.4) is 0 Å². The van der Waals surface area contributed by atoms with E-state index < -0.39 is 0 Å². The number of halogens is 1. The average Bonchev–Trinajstić information content (AvgIpc) is 2.14. The molecule has 1 rings (SSSR count). The minimum atomic E-state index is 0.579. The van der Waals surface area contributed by atoms with Crippen molar-refractivity contribution in [1.82, 2.24) is 0 Å². The second-order valence-corrected chi connectivity index (χ2v) is 3.54. The van der Waals surface area contributed by atoms with Crippen molar-refractivity contribution in [2.24, 2.45) is 10.7 Å². The van der Waals surface area contributed by atoms with Gasteiger partial charge >= 0.3 is 0 Å². The SMILES string of the molecule is NC1=NCC(CBr)S1. The third-order valence-corrected chi connectivity index (χ3v) is 3.14. The Morgan fingerprint density at radius 1 is 2.00 bits per heavy atom. The fourth-order valence-corrected chi connectivity index (χ4v) is 1.82. The van der Waals surface area contributed by atoms with E-state index in [0.29, 0.717) is 5.25 Å². The highest BCUT2D eigenvalue weighted by Crippen LogP contribution is 2.19. The van der Waals surface area contributed by atoms with Gasteiger partial charge in [0.2, 0.25) is 0 Å². The second-order valence-electron chi connectivity index (χ2n) is 1.57. The lowest BCUT2D eigenvalue weighted by molar-refractivity contribution is 0.992. The normalized spacial score (nSPS) is 28.1. The molecule has 1 heterocycles. The maximum absolute atomic E-state index is 5.39. The van der Waals surface area contributed by atoms with E-state index in [0.717, 1.165) is 17.0 Å². The lowest BCUT2D eigenvalue weighted by Gasteiger charge is -1.97. The Balaban J connectivity index is 2.32. The highest BCUT2D eigenvalue weighted by atomic mass is 79.9. The Morgan fingerprint density at radius 3 is 3.00 bits per heavy atom. The topological polar surface area (TPSA) is 38.4 Å². The zero-order chi connectivity index (χ0) is 5.98. The molecule has 0 bridgehead atoms. The second kappa shape index (κ2) is 2.73. The Labute approximate surface area is 61.1 Å². The molecule has 2 N–H and O–H groups in total. The number of alkyl halides is 1. The summed E-state index contributed by atoms with van der Waals surface area (Å²) >= 11 is 5.00. The summed E-state index contributed by atoms with van der Waals surface area (Å²) in [6, 6.07) is 0. The number of thioether (sulfide) groups is 1. The number of nitrogens with two attached hydrogens (primary N) is 1. The van der Waals surface area contributed by atoms with Gasteiger partial charge < -0.3 is 5.73 Å². The summed E-state index contributed by atoms with van der Waals surface area (Å²) in [7, 11) is 0. The zero-order valence-corrected chi connectivity index (χ0v) is 6.70. The number of nitrogens with zero attached hydrogens (tertiary/aromatic N) is 1. The molecule has 0 aromatic heterocycles. The van der Waals surface area contributed by atoms with E-state index in [4.69, 9.17) is 5.73 Å². The van der Waals surface area contributed by atoms with Gasteiger partial charge in [-0.15, -0.1) is 0 Å². The van der Waals surface area contributed by atoms with Crippen molar-refractivity contribution in [2.75, 3.05) is 11.9 Å². The Kier molecular flexibility index (Phi) is 2.19. The highest BCUT2D eigenvalue weighted by molar-refractivity contribution is 9.09. The van der Waals surface area contributed by atoms with Gasteiger partial charge in [0.1, 0.15) is 0 Å². The summed E-state index contributed by atoms with van der Waals surface area (Å²) in [5, 5.41) is 2.30. The van der Waals surface area contributed by atoms with E-state index in [1.807, 2.05) is 0 Å². The number of rotatable bonds is 1. The molecule has 0 aromatic carbocycles. The van der Waals surface area contributed by atoms with Crippen molar-refractivity contribution < 1.29 is 0 Å². The average molecular weight is 195 g/mol. The fourth-order valence-electron chi connectivity index (χ4n) is 0.517. The maximum Gasteiger partial charge on any atom is 0.154 e. The first-order valence-electron chi connectivity index (χ1n) is 2.35. The molecular weight excluding hydrogens is 188 g/mol. The molecule has 0 aromatic rings. The zero-order valence-electron chi connectivity index (χ0n) is 4.30. The minimum absolute atomic E-state index is 0.579. The monoisotopic (exact) mass is 194 g/mol. The van der Waals surface area contributed by atoms with Gasteiger partial charge in [0, 0.05) is 10.6 Å². The van der Waals surface area contributed by atoms with Crippen LogP contribution < -0.4 is 5.73 Å². The van der Waals surface area contributed by atoms with Crippen molar-refractivity contribution >= 4 is 32.9 Å². The van der Waals surface area contributed by atoms with E-state index >= 15 is 0 Å². The van der Waals surface area contributed by atoms with E-state index in [9.17, 15) is 0 Å². The van der Waals surface area contributed by atoms with Crippen LogP contribution in [-0.2, 0) is 0 Å². The Morgan fingerprint density at radius 2 is 2.75 bits per heavy atom. The molecule has 0 radical (unpaired) electrons.